The molecule has 2 aromatic heterocycles. The van der Waals surface area contributed by atoms with Crippen LogP contribution in [0.2, 0.25) is 5.15 Å². The third-order valence-corrected chi connectivity index (χ3v) is 3.26. The molecule has 0 aromatic carbocycles. The Labute approximate surface area is 110 Å². The zero-order valence-corrected chi connectivity index (χ0v) is 11.6. The highest BCUT2D eigenvalue weighted by molar-refractivity contribution is 7.90. The van der Waals surface area contributed by atoms with Crippen LogP contribution in [-0.4, -0.2) is 34.4 Å². The molecule has 0 aliphatic heterocycles. The van der Waals surface area contributed by atoms with Gasteiger partial charge in [0, 0.05) is 18.0 Å². The Balaban J connectivity index is 2.66. The van der Waals surface area contributed by atoms with E-state index in [0.717, 1.165) is 17.6 Å². The Morgan fingerprint density at radius 1 is 1.22 bits per heavy atom. The van der Waals surface area contributed by atoms with Gasteiger partial charge >= 0.3 is 0 Å². The number of hydrogen-bond acceptors (Lipinski definition) is 5. The molecule has 6 nitrogen and oxygen atoms in total. The van der Waals surface area contributed by atoms with Crippen LogP contribution in [0.3, 0.4) is 0 Å². The van der Waals surface area contributed by atoms with E-state index in [-0.39, 0.29) is 10.3 Å². The Morgan fingerprint density at radius 3 is 2.39 bits per heavy atom. The molecule has 0 spiro atoms. The van der Waals surface area contributed by atoms with Gasteiger partial charge in [-0.3, -0.25) is 0 Å². The lowest BCUT2D eigenvalue weighted by Gasteiger charge is -2.05. The third-order valence-electron chi connectivity index (χ3n) is 2.22. The highest BCUT2D eigenvalue weighted by Crippen LogP contribution is 2.16. The van der Waals surface area contributed by atoms with Crippen LogP contribution in [-0.2, 0) is 9.84 Å². The fourth-order valence-corrected chi connectivity index (χ4v) is 2.27. The largest absolute Gasteiger partial charge is 0.250 e. The number of rotatable bonds is 2. The first-order chi connectivity index (χ1) is 8.27. The molecule has 0 radical (unpaired) electrons. The summed E-state index contributed by atoms with van der Waals surface area (Å²) in [7, 11) is -3.51. The van der Waals surface area contributed by atoms with Crippen molar-refractivity contribution in [1.82, 2.24) is 19.7 Å². The topological polar surface area (TPSA) is 77.7 Å². The van der Waals surface area contributed by atoms with E-state index >= 15 is 0 Å². The van der Waals surface area contributed by atoms with Crippen molar-refractivity contribution in [2.75, 3.05) is 6.26 Å². The number of nitrogens with zero attached hydrogens (tertiary/aromatic N) is 4. The van der Waals surface area contributed by atoms with E-state index in [9.17, 15) is 8.42 Å². The molecule has 0 saturated heterocycles. The van der Waals surface area contributed by atoms with Crippen LogP contribution in [0, 0.1) is 13.8 Å². The monoisotopic (exact) mass is 286 g/mol. The predicted molar refractivity (Wildman–Crippen MR) is 66.7 cm³/mol. The summed E-state index contributed by atoms with van der Waals surface area (Å²) in [4.78, 5) is 7.66. The Kier molecular flexibility index (Phi) is 3.12. The maximum absolute atomic E-state index is 11.4. The zero-order chi connectivity index (χ0) is 13.5. The number of hydrogen-bond donors (Lipinski definition) is 0. The van der Waals surface area contributed by atoms with Gasteiger partial charge in [0.15, 0.2) is 5.82 Å². The second-order valence-corrected chi connectivity index (χ2v) is 6.24. The molecule has 0 aliphatic carbocycles. The van der Waals surface area contributed by atoms with E-state index < -0.39 is 9.84 Å². The average molecular weight is 287 g/mol. The van der Waals surface area contributed by atoms with Crippen molar-refractivity contribution in [2.24, 2.45) is 0 Å². The summed E-state index contributed by atoms with van der Waals surface area (Å²) in [5, 5.41) is 3.97. The van der Waals surface area contributed by atoms with E-state index in [1.54, 1.807) is 0 Å². The molecule has 2 rings (SSSR count). The molecule has 0 N–H and O–H groups in total. The summed E-state index contributed by atoms with van der Waals surface area (Å²) < 4.78 is 24.4. The van der Waals surface area contributed by atoms with Crippen LogP contribution in [0.4, 0.5) is 0 Å². The maximum Gasteiger partial charge on any atom is 0.250 e. The molecule has 0 saturated carbocycles. The summed E-state index contributed by atoms with van der Waals surface area (Å²) in [6.07, 6.45) is 1.03. The zero-order valence-electron chi connectivity index (χ0n) is 10.0. The SMILES string of the molecule is Cc1cc(C)n(-c2cc(Cl)nc(S(C)(=O)=O)n2)n1. The van der Waals surface area contributed by atoms with Crippen molar-refractivity contribution in [3.8, 4) is 5.82 Å². The van der Waals surface area contributed by atoms with Gasteiger partial charge in [-0.25, -0.2) is 18.1 Å². The average Bonchev–Trinajstić information content (AvgIpc) is 2.55. The van der Waals surface area contributed by atoms with E-state index in [4.69, 9.17) is 11.6 Å². The summed E-state index contributed by atoms with van der Waals surface area (Å²) in [6, 6.07) is 3.33. The molecular weight excluding hydrogens is 276 g/mol. The van der Waals surface area contributed by atoms with Gasteiger partial charge in [0.2, 0.25) is 15.0 Å². The van der Waals surface area contributed by atoms with Crippen molar-refractivity contribution in [3.05, 3.63) is 28.7 Å². The summed E-state index contributed by atoms with van der Waals surface area (Å²) in [5.74, 6) is 0.334. The number of sulfone groups is 1. The molecule has 18 heavy (non-hydrogen) atoms. The van der Waals surface area contributed by atoms with E-state index in [1.165, 1.54) is 10.7 Å². The van der Waals surface area contributed by atoms with Crippen molar-refractivity contribution >= 4 is 21.4 Å². The van der Waals surface area contributed by atoms with E-state index in [0.29, 0.717) is 5.82 Å². The highest BCUT2D eigenvalue weighted by atomic mass is 35.5. The Morgan fingerprint density at radius 2 is 1.89 bits per heavy atom. The predicted octanol–water partition coefficient (Wildman–Crippen LogP) is 1.34. The van der Waals surface area contributed by atoms with Crippen LogP contribution in [0.1, 0.15) is 11.4 Å². The lowest BCUT2D eigenvalue weighted by Crippen LogP contribution is -2.09. The van der Waals surface area contributed by atoms with Crippen LogP contribution < -0.4 is 0 Å². The summed E-state index contributed by atoms with van der Waals surface area (Å²) in [6.45, 7) is 3.68. The fraction of sp³-hybridized carbons (Fsp3) is 0.300. The van der Waals surface area contributed by atoms with Crippen LogP contribution in [0.25, 0.3) is 5.82 Å². The van der Waals surface area contributed by atoms with Crippen molar-refractivity contribution in [3.63, 3.8) is 0 Å². The minimum absolute atomic E-state index is 0.0629. The summed E-state index contributed by atoms with van der Waals surface area (Å²) in [5.41, 5.74) is 1.64. The molecule has 96 valence electrons. The van der Waals surface area contributed by atoms with Gasteiger partial charge in [-0.15, -0.1) is 0 Å². The molecule has 0 unspecified atom stereocenters. The smallest absolute Gasteiger partial charge is 0.221 e. The van der Waals surface area contributed by atoms with Crippen LogP contribution >= 0.6 is 11.6 Å². The molecule has 0 bridgehead atoms. The van der Waals surface area contributed by atoms with Gasteiger partial charge in [0.25, 0.3) is 0 Å². The number of aryl methyl sites for hydroxylation is 2. The third kappa shape index (κ3) is 2.51. The minimum atomic E-state index is -3.51. The highest BCUT2D eigenvalue weighted by Gasteiger charge is 2.15. The van der Waals surface area contributed by atoms with Crippen LogP contribution in [0.5, 0.6) is 0 Å². The minimum Gasteiger partial charge on any atom is -0.221 e. The first-order valence-electron chi connectivity index (χ1n) is 5.05. The quantitative estimate of drug-likeness (QED) is 0.615. The van der Waals surface area contributed by atoms with E-state index in [1.807, 2.05) is 19.9 Å². The Bertz CT molecular complexity index is 709. The molecule has 0 atom stereocenters. The van der Waals surface area contributed by atoms with Gasteiger partial charge in [0.1, 0.15) is 5.15 Å². The molecule has 0 aliphatic rings. The van der Waals surface area contributed by atoms with Gasteiger partial charge in [-0.05, 0) is 19.9 Å². The standard InChI is InChI=1S/C10H11ClN4O2S/c1-6-4-7(2)15(14-6)9-5-8(11)12-10(13-9)18(3,16)17/h4-5H,1-3H3. The maximum atomic E-state index is 11.4. The Hall–Kier alpha value is -1.47. The number of aromatic nitrogens is 4. The first kappa shape index (κ1) is 13.0. The molecular formula is C10H11ClN4O2S. The van der Waals surface area contributed by atoms with E-state index in [2.05, 4.69) is 15.1 Å². The molecule has 2 aromatic rings. The summed E-state index contributed by atoms with van der Waals surface area (Å²) >= 11 is 5.81. The lowest BCUT2D eigenvalue weighted by molar-refractivity contribution is 0.591. The molecule has 8 heteroatoms. The van der Waals surface area contributed by atoms with Gasteiger partial charge < -0.3 is 0 Å². The van der Waals surface area contributed by atoms with Gasteiger partial charge in [-0.1, -0.05) is 11.6 Å². The normalized spacial score (nSPS) is 11.8. The fourth-order valence-electron chi connectivity index (χ4n) is 1.52. The van der Waals surface area contributed by atoms with Crippen molar-refractivity contribution in [2.45, 2.75) is 19.0 Å². The van der Waals surface area contributed by atoms with Crippen LogP contribution in [0.15, 0.2) is 17.3 Å². The van der Waals surface area contributed by atoms with Gasteiger partial charge in [-0.2, -0.15) is 10.1 Å². The van der Waals surface area contributed by atoms with Gasteiger partial charge in [0.05, 0.1) is 5.69 Å². The lowest BCUT2D eigenvalue weighted by atomic mass is 10.4. The van der Waals surface area contributed by atoms with Crippen molar-refractivity contribution < 1.29 is 8.42 Å². The number of halogens is 1. The first-order valence-corrected chi connectivity index (χ1v) is 7.32. The van der Waals surface area contributed by atoms with Crippen molar-refractivity contribution in [1.29, 1.82) is 0 Å². The molecule has 0 amide bonds. The molecule has 0 fully saturated rings. The second-order valence-electron chi connectivity index (χ2n) is 3.94. The second kappa shape index (κ2) is 4.33. The molecule has 2 heterocycles.